The Balaban J connectivity index is 3.70. The second kappa shape index (κ2) is 11.0. The highest BCUT2D eigenvalue weighted by Crippen LogP contribution is 2.20. The number of ether oxygens (including phenoxy) is 1. The summed E-state index contributed by atoms with van der Waals surface area (Å²) in [5, 5.41) is 9.97. The van der Waals surface area contributed by atoms with Crippen molar-refractivity contribution in [3.8, 4) is 0 Å². The van der Waals surface area contributed by atoms with Gasteiger partial charge in [0.05, 0.1) is 12.7 Å². The first-order valence-corrected chi connectivity index (χ1v) is 7.51. The summed E-state index contributed by atoms with van der Waals surface area (Å²) in [6, 6.07) is 0. The third-order valence-electron chi connectivity index (χ3n) is 3.41. The number of hydrogen-bond acceptors (Lipinski definition) is 3. The lowest BCUT2D eigenvalue weighted by Gasteiger charge is -2.18. The molecule has 0 heterocycles. The molecule has 0 aromatic carbocycles. The minimum atomic E-state index is -0.344. The lowest BCUT2D eigenvalue weighted by molar-refractivity contribution is -0.139. The van der Waals surface area contributed by atoms with Crippen LogP contribution in [0.2, 0.25) is 0 Å². The average Bonchev–Trinajstić information content (AvgIpc) is 2.38. The van der Waals surface area contributed by atoms with Crippen LogP contribution in [0.15, 0.2) is 12.2 Å². The molecule has 3 heteroatoms. The van der Waals surface area contributed by atoms with Crippen LogP contribution >= 0.6 is 0 Å². The zero-order valence-electron chi connectivity index (χ0n) is 12.8. The molecule has 112 valence electrons. The standard InChI is InChI=1S/C16H30O3/c1-5-7-9-14(6-2)12-15(17)10-8-11-19-16(18)13(3)4/h14-15,17H,3,5-12H2,1-2,4H3. The molecular weight excluding hydrogens is 240 g/mol. The number of carbonyl (C=O) groups is 1. The first-order valence-electron chi connectivity index (χ1n) is 7.51. The molecule has 2 atom stereocenters. The van der Waals surface area contributed by atoms with Crippen molar-refractivity contribution < 1.29 is 14.6 Å². The summed E-state index contributed by atoms with van der Waals surface area (Å²) in [6.45, 7) is 9.90. The average molecular weight is 270 g/mol. The molecule has 0 aliphatic heterocycles. The maximum Gasteiger partial charge on any atom is 0.333 e. The Morgan fingerprint density at radius 2 is 1.95 bits per heavy atom. The van der Waals surface area contributed by atoms with Crippen LogP contribution in [0.1, 0.15) is 65.7 Å². The number of aliphatic hydroxyl groups is 1. The number of rotatable bonds is 11. The van der Waals surface area contributed by atoms with E-state index in [1.165, 1.54) is 19.3 Å². The van der Waals surface area contributed by atoms with Gasteiger partial charge in [-0.25, -0.2) is 4.79 Å². The van der Waals surface area contributed by atoms with Gasteiger partial charge in [0.1, 0.15) is 0 Å². The van der Waals surface area contributed by atoms with E-state index in [1.54, 1.807) is 6.92 Å². The van der Waals surface area contributed by atoms with Crippen molar-refractivity contribution in [3.05, 3.63) is 12.2 Å². The maximum absolute atomic E-state index is 11.1. The number of aliphatic hydroxyl groups excluding tert-OH is 1. The monoisotopic (exact) mass is 270 g/mol. The molecule has 0 bridgehead atoms. The lowest BCUT2D eigenvalue weighted by Crippen LogP contribution is -2.15. The van der Waals surface area contributed by atoms with Gasteiger partial charge in [0, 0.05) is 5.57 Å². The lowest BCUT2D eigenvalue weighted by atomic mass is 9.92. The van der Waals surface area contributed by atoms with Crippen LogP contribution < -0.4 is 0 Å². The molecule has 0 spiro atoms. The minimum Gasteiger partial charge on any atom is -0.462 e. The van der Waals surface area contributed by atoms with Crippen molar-refractivity contribution in [1.29, 1.82) is 0 Å². The number of unbranched alkanes of at least 4 members (excludes halogenated alkanes) is 1. The Bertz CT molecular complexity index is 261. The van der Waals surface area contributed by atoms with Gasteiger partial charge in [-0.05, 0) is 32.1 Å². The second-order valence-corrected chi connectivity index (χ2v) is 5.36. The maximum atomic E-state index is 11.1. The van der Waals surface area contributed by atoms with Gasteiger partial charge in [0.15, 0.2) is 0 Å². The molecule has 0 radical (unpaired) electrons. The third kappa shape index (κ3) is 9.71. The van der Waals surface area contributed by atoms with Crippen LogP contribution in [-0.2, 0) is 9.53 Å². The molecule has 19 heavy (non-hydrogen) atoms. The molecule has 0 saturated carbocycles. The van der Waals surface area contributed by atoms with Crippen LogP contribution in [0.3, 0.4) is 0 Å². The summed E-state index contributed by atoms with van der Waals surface area (Å²) in [7, 11) is 0. The van der Waals surface area contributed by atoms with Crippen molar-refractivity contribution in [2.75, 3.05) is 6.61 Å². The van der Waals surface area contributed by atoms with Crippen molar-refractivity contribution in [3.63, 3.8) is 0 Å². The van der Waals surface area contributed by atoms with Gasteiger partial charge in [0.25, 0.3) is 0 Å². The first kappa shape index (κ1) is 18.2. The zero-order valence-corrected chi connectivity index (χ0v) is 12.8. The molecular formula is C16H30O3. The molecule has 0 aromatic heterocycles. The number of hydrogen-bond donors (Lipinski definition) is 1. The van der Waals surface area contributed by atoms with Crippen molar-refractivity contribution in [1.82, 2.24) is 0 Å². The predicted octanol–water partition coefficient (Wildman–Crippen LogP) is 3.85. The van der Waals surface area contributed by atoms with Gasteiger partial charge < -0.3 is 9.84 Å². The topological polar surface area (TPSA) is 46.5 Å². The summed E-state index contributed by atoms with van der Waals surface area (Å²) in [4.78, 5) is 11.1. The third-order valence-corrected chi connectivity index (χ3v) is 3.41. The fraction of sp³-hybridized carbons (Fsp3) is 0.812. The summed E-state index contributed by atoms with van der Waals surface area (Å²) in [6.07, 6.45) is 6.79. The predicted molar refractivity (Wildman–Crippen MR) is 78.9 cm³/mol. The first-order chi connectivity index (χ1) is 9.01. The summed E-state index contributed by atoms with van der Waals surface area (Å²) < 4.78 is 5.00. The van der Waals surface area contributed by atoms with Crippen molar-refractivity contribution in [2.24, 2.45) is 5.92 Å². The Kier molecular flexibility index (Phi) is 10.6. The molecule has 2 unspecified atom stereocenters. The van der Waals surface area contributed by atoms with Gasteiger partial charge in [-0.2, -0.15) is 0 Å². The molecule has 0 aliphatic rings. The number of carbonyl (C=O) groups excluding carboxylic acids is 1. The molecule has 1 N–H and O–H groups in total. The van der Waals surface area contributed by atoms with Crippen LogP contribution in [0.5, 0.6) is 0 Å². The Morgan fingerprint density at radius 1 is 1.26 bits per heavy atom. The minimum absolute atomic E-state index is 0.273. The van der Waals surface area contributed by atoms with E-state index in [2.05, 4.69) is 20.4 Å². The summed E-state index contributed by atoms with van der Waals surface area (Å²) in [5.41, 5.74) is 0.422. The summed E-state index contributed by atoms with van der Waals surface area (Å²) >= 11 is 0. The fourth-order valence-corrected chi connectivity index (χ4v) is 2.09. The van der Waals surface area contributed by atoms with Crippen LogP contribution in [-0.4, -0.2) is 23.8 Å². The van der Waals surface area contributed by atoms with Gasteiger partial charge in [-0.3, -0.25) is 0 Å². The SMILES string of the molecule is C=C(C)C(=O)OCCCC(O)CC(CC)CCCC. The molecule has 0 rings (SSSR count). The van der Waals surface area contributed by atoms with Gasteiger partial charge in [-0.15, -0.1) is 0 Å². The van der Waals surface area contributed by atoms with E-state index < -0.39 is 0 Å². The highest BCUT2D eigenvalue weighted by molar-refractivity contribution is 5.86. The van der Waals surface area contributed by atoms with Gasteiger partial charge in [-0.1, -0.05) is 46.1 Å². The number of esters is 1. The van der Waals surface area contributed by atoms with E-state index in [0.717, 1.165) is 12.8 Å². The molecule has 0 amide bonds. The van der Waals surface area contributed by atoms with E-state index in [-0.39, 0.29) is 12.1 Å². The quantitative estimate of drug-likeness (QED) is 0.352. The zero-order chi connectivity index (χ0) is 14.7. The van der Waals surface area contributed by atoms with E-state index in [0.29, 0.717) is 30.9 Å². The molecule has 0 aromatic rings. The van der Waals surface area contributed by atoms with E-state index in [1.807, 2.05) is 0 Å². The Morgan fingerprint density at radius 3 is 2.47 bits per heavy atom. The van der Waals surface area contributed by atoms with E-state index in [9.17, 15) is 9.90 Å². The van der Waals surface area contributed by atoms with Gasteiger partial charge >= 0.3 is 5.97 Å². The summed E-state index contributed by atoms with van der Waals surface area (Å²) in [5.74, 6) is 0.275. The smallest absolute Gasteiger partial charge is 0.333 e. The van der Waals surface area contributed by atoms with Crippen molar-refractivity contribution in [2.45, 2.75) is 71.8 Å². The molecule has 0 fully saturated rings. The molecule has 0 aliphatic carbocycles. The highest BCUT2D eigenvalue weighted by Gasteiger charge is 2.13. The largest absolute Gasteiger partial charge is 0.462 e. The van der Waals surface area contributed by atoms with Crippen LogP contribution in [0.25, 0.3) is 0 Å². The van der Waals surface area contributed by atoms with E-state index >= 15 is 0 Å². The second-order valence-electron chi connectivity index (χ2n) is 5.36. The normalized spacial score (nSPS) is 13.9. The Labute approximate surface area is 118 Å². The van der Waals surface area contributed by atoms with Crippen LogP contribution in [0, 0.1) is 5.92 Å². The van der Waals surface area contributed by atoms with Crippen molar-refractivity contribution >= 4 is 5.97 Å². The van der Waals surface area contributed by atoms with Crippen LogP contribution in [0.4, 0.5) is 0 Å². The molecule has 3 nitrogen and oxygen atoms in total. The highest BCUT2D eigenvalue weighted by atomic mass is 16.5. The molecule has 0 saturated heterocycles. The van der Waals surface area contributed by atoms with Gasteiger partial charge in [0.2, 0.25) is 0 Å². The fourth-order valence-electron chi connectivity index (χ4n) is 2.09. The Hall–Kier alpha value is -0.830. The van der Waals surface area contributed by atoms with E-state index in [4.69, 9.17) is 4.74 Å².